The van der Waals surface area contributed by atoms with Crippen molar-refractivity contribution >= 4 is 33.5 Å². The third kappa shape index (κ3) is 3.75. The number of ketones is 1. The van der Waals surface area contributed by atoms with Gasteiger partial charge in [0.2, 0.25) is 0 Å². The Hall–Kier alpha value is -0.490. The summed E-state index contributed by atoms with van der Waals surface area (Å²) in [6.07, 6.45) is -2.58. The minimum Gasteiger partial charge on any atom is -0.294 e. The molecule has 1 unspecified atom stereocenters. The summed E-state index contributed by atoms with van der Waals surface area (Å²) in [5.41, 5.74) is -0.711. The van der Waals surface area contributed by atoms with Crippen LogP contribution in [-0.2, 0) is 6.18 Å². The fourth-order valence-corrected chi connectivity index (χ4v) is 2.57. The maximum absolute atomic E-state index is 12.6. The van der Waals surface area contributed by atoms with Gasteiger partial charge in [-0.1, -0.05) is 22.9 Å². The highest BCUT2D eigenvalue weighted by Crippen LogP contribution is 2.32. The van der Waals surface area contributed by atoms with Gasteiger partial charge in [-0.3, -0.25) is 4.79 Å². The van der Waals surface area contributed by atoms with E-state index in [1.165, 1.54) is 17.8 Å². The maximum Gasteiger partial charge on any atom is 0.416 e. The van der Waals surface area contributed by atoms with E-state index in [4.69, 9.17) is 0 Å². The van der Waals surface area contributed by atoms with Crippen LogP contribution in [0.3, 0.4) is 0 Å². The summed E-state index contributed by atoms with van der Waals surface area (Å²) in [5, 5.41) is 0. The molecule has 0 N–H and O–H groups in total. The lowest BCUT2D eigenvalue weighted by Crippen LogP contribution is -2.16. The van der Waals surface area contributed by atoms with Gasteiger partial charge >= 0.3 is 6.18 Å². The predicted octanol–water partition coefficient (Wildman–Crippen LogP) is 4.65. The van der Waals surface area contributed by atoms with Crippen molar-refractivity contribution < 1.29 is 18.0 Å². The van der Waals surface area contributed by atoms with E-state index in [0.717, 1.165) is 12.1 Å². The summed E-state index contributed by atoms with van der Waals surface area (Å²) < 4.78 is 38.1. The second-order valence-electron chi connectivity index (χ2n) is 3.91. The Balaban J connectivity index is 3.12. The number of alkyl halides is 3. The first kappa shape index (κ1) is 15.6. The van der Waals surface area contributed by atoms with Crippen molar-refractivity contribution in [2.75, 3.05) is 12.0 Å². The van der Waals surface area contributed by atoms with Gasteiger partial charge in [-0.25, -0.2) is 0 Å². The lowest BCUT2D eigenvalue weighted by molar-refractivity contribution is -0.137. The zero-order valence-corrected chi connectivity index (χ0v) is 12.2. The van der Waals surface area contributed by atoms with Crippen molar-refractivity contribution in [3.8, 4) is 0 Å². The van der Waals surface area contributed by atoms with Gasteiger partial charge in [0.1, 0.15) is 0 Å². The molecule has 1 aromatic carbocycles. The molecule has 1 atom stereocenters. The van der Waals surface area contributed by atoms with Crippen LogP contribution in [0.4, 0.5) is 13.2 Å². The largest absolute Gasteiger partial charge is 0.416 e. The van der Waals surface area contributed by atoms with E-state index in [1.54, 1.807) is 6.92 Å². The Kier molecular flexibility index (Phi) is 5.28. The van der Waals surface area contributed by atoms with Gasteiger partial charge in [0.25, 0.3) is 0 Å². The average Bonchev–Trinajstić information content (AvgIpc) is 2.27. The van der Waals surface area contributed by atoms with E-state index in [9.17, 15) is 18.0 Å². The minimum absolute atomic E-state index is 0.0892. The summed E-state index contributed by atoms with van der Waals surface area (Å²) in [5.74, 6) is 0.00346. The molecule has 0 fully saturated rings. The van der Waals surface area contributed by atoms with Gasteiger partial charge < -0.3 is 0 Å². The minimum atomic E-state index is -4.43. The van der Waals surface area contributed by atoms with E-state index in [2.05, 4.69) is 15.9 Å². The zero-order valence-electron chi connectivity index (χ0n) is 9.84. The number of thioether (sulfide) groups is 1. The van der Waals surface area contributed by atoms with Gasteiger partial charge in [0.15, 0.2) is 5.78 Å². The number of carbonyl (C=O) groups is 1. The molecule has 0 amide bonds. The number of hydrogen-bond donors (Lipinski definition) is 0. The van der Waals surface area contributed by atoms with Gasteiger partial charge in [0.05, 0.1) is 5.56 Å². The van der Waals surface area contributed by atoms with Crippen LogP contribution in [-0.4, -0.2) is 17.8 Å². The molecule has 0 aliphatic carbocycles. The molecule has 1 nitrogen and oxygen atoms in total. The van der Waals surface area contributed by atoms with Crippen LogP contribution in [0.5, 0.6) is 0 Å². The topological polar surface area (TPSA) is 17.1 Å². The first-order chi connectivity index (χ1) is 8.27. The third-order valence-corrected chi connectivity index (χ3v) is 3.95. The molecule has 0 aromatic heterocycles. The average molecular weight is 341 g/mol. The second-order valence-corrected chi connectivity index (χ2v) is 5.68. The molecule has 0 radical (unpaired) electrons. The summed E-state index contributed by atoms with van der Waals surface area (Å²) in [4.78, 5) is 12.0. The highest BCUT2D eigenvalue weighted by molar-refractivity contribution is 9.10. The van der Waals surface area contributed by atoms with Crippen LogP contribution < -0.4 is 0 Å². The summed E-state index contributed by atoms with van der Waals surface area (Å²) in [7, 11) is 0. The molecule has 6 heteroatoms. The van der Waals surface area contributed by atoms with Crippen molar-refractivity contribution in [1.29, 1.82) is 0 Å². The molecule has 0 saturated carbocycles. The first-order valence-electron chi connectivity index (χ1n) is 5.17. The fourth-order valence-electron chi connectivity index (χ4n) is 1.48. The first-order valence-corrected chi connectivity index (χ1v) is 7.36. The smallest absolute Gasteiger partial charge is 0.294 e. The molecule has 0 aliphatic rings. The molecule has 0 bridgehead atoms. The molecule has 0 spiro atoms. The molecular formula is C12H12BrF3OS. The summed E-state index contributed by atoms with van der Waals surface area (Å²) >= 11 is 4.61. The van der Waals surface area contributed by atoms with E-state index in [0.29, 0.717) is 10.2 Å². The van der Waals surface area contributed by atoms with Gasteiger partial charge in [-0.2, -0.15) is 24.9 Å². The van der Waals surface area contributed by atoms with Crippen LogP contribution in [0, 0.1) is 5.92 Å². The number of Topliss-reactive ketones (excluding diaryl/α,β-unsaturated/α-hetero) is 1. The lowest BCUT2D eigenvalue weighted by Gasteiger charge is -2.13. The molecular weight excluding hydrogens is 329 g/mol. The maximum atomic E-state index is 12.6. The van der Waals surface area contributed by atoms with Crippen LogP contribution in [0.1, 0.15) is 22.8 Å². The lowest BCUT2D eigenvalue weighted by atomic mass is 9.99. The number of rotatable bonds is 4. The van der Waals surface area contributed by atoms with Crippen LogP contribution >= 0.6 is 27.7 Å². The Bertz CT molecular complexity index is 445. The number of carbonyl (C=O) groups excluding carboxylic acids is 1. The Morgan fingerprint density at radius 3 is 2.56 bits per heavy atom. The van der Waals surface area contributed by atoms with Crippen molar-refractivity contribution in [1.82, 2.24) is 0 Å². The van der Waals surface area contributed by atoms with Crippen LogP contribution in [0.25, 0.3) is 0 Å². The number of hydrogen-bond acceptors (Lipinski definition) is 2. The normalized spacial score (nSPS) is 13.4. The molecule has 0 heterocycles. The van der Waals surface area contributed by atoms with Gasteiger partial charge in [-0.15, -0.1) is 0 Å². The van der Waals surface area contributed by atoms with Crippen molar-refractivity contribution in [2.24, 2.45) is 5.92 Å². The highest BCUT2D eigenvalue weighted by Gasteiger charge is 2.32. The molecule has 100 valence electrons. The Morgan fingerprint density at radius 1 is 1.44 bits per heavy atom. The monoisotopic (exact) mass is 340 g/mol. The molecule has 1 aromatic rings. The van der Waals surface area contributed by atoms with E-state index in [-0.39, 0.29) is 17.3 Å². The summed E-state index contributed by atoms with van der Waals surface area (Å²) in [6, 6.07) is 3.13. The van der Waals surface area contributed by atoms with Crippen molar-refractivity contribution in [3.63, 3.8) is 0 Å². The fraction of sp³-hybridized carbons (Fsp3) is 0.417. The standard InChI is InChI=1S/C12H12BrF3OS/c1-7(6-18-2)11(17)9-5-8(12(14,15)16)3-4-10(9)13/h3-5,7H,6H2,1-2H3. The molecule has 0 aliphatic heterocycles. The third-order valence-electron chi connectivity index (χ3n) is 2.42. The van der Waals surface area contributed by atoms with E-state index >= 15 is 0 Å². The Morgan fingerprint density at radius 2 is 2.06 bits per heavy atom. The Labute approximate surface area is 116 Å². The molecule has 0 saturated heterocycles. The van der Waals surface area contributed by atoms with E-state index < -0.39 is 11.7 Å². The molecule has 18 heavy (non-hydrogen) atoms. The SMILES string of the molecule is CSCC(C)C(=O)c1cc(C(F)(F)F)ccc1Br. The van der Waals surface area contributed by atoms with Crippen molar-refractivity contribution in [2.45, 2.75) is 13.1 Å². The highest BCUT2D eigenvalue weighted by atomic mass is 79.9. The van der Waals surface area contributed by atoms with Crippen molar-refractivity contribution in [3.05, 3.63) is 33.8 Å². The molecule has 1 rings (SSSR count). The van der Waals surface area contributed by atoms with Crippen LogP contribution in [0.15, 0.2) is 22.7 Å². The van der Waals surface area contributed by atoms with Gasteiger partial charge in [0, 0.05) is 21.7 Å². The number of benzene rings is 1. The van der Waals surface area contributed by atoms with E-state index in [1.807, 2.05) is 6.26 Å². The summed E-state index contributed by atoms with van der Waals surface area (Å²) in [6.45, 7) is 1.71. The zero-order chi connectivity index (χ0) is 13.9. The second kappa shape index (κ2) is 6.10. The van der Waals surface area contributed by atoms with Gasteiger partial charge in [-0.05, 0) is 24.5 Å². The predicted molar refractivity (Wildman–Crippen MR) is 71.0 cm³/mol. The number of halogens is 4. The van der Waals surface area contributed by atoms with Crippen LogP contribution in [0.2, 0.25) is 0 Å². The quantitative estimate of drug-likeness (QED) is 0.742.